The maximum Gasteiger partial charge on any atom is 0.270 e. The van der Waals surface area contributed by atoms with Crippen molar-refractivity contribution in [1.82, 2.24) is 25.1 Å². The molecule has 1 aliphatic carbocycles. The quantitative estimate of drug-likeness (QED) is 0.427. The second-order valence-corrected chi connectivity index (χ2v) is 8.65. The fourth-order valence-electron chi connectivity index (χ4n) is 3.79. The zero-order valence-electron chi connectivity index (χ0n) is 17.9. The normalized spacial score (nSPS) is 14.2. The minimum atomic E-state index is -0.307. The first kappa shape index (κ1) is 21.3. The van der Waals surface area contributed by atoms with E-state index in [-0.39, 0.29) is 23.5 Å². The number of aryl methyl sites for hydroxylation is 1. The molecule has 33 heavy (non-hydrogen) atoms. The minimum Gasteiger partial charge on any atom is -0.344 e. The van der Waals surface area contributed by atoms with Crippen molar-refractivity contribution in [2.75, 3.05) is 0 Å². The van der Waals surface area contributed by atoms with E-state index >= 15 is 0 Å². The van der Waals surface area contributed by atoms with Gasteiger partial charge in [0, 0.05) is 23.8 Å². The van der Waals surface area contributed by atoms with Crippen LogP contribution in [0.4, 0.5) is 4.39 Å². The summed E-state index contributed by atoms with van der Waals surface area (Å²) < 4.78 is 15.1. The van der Waals surface area contributed by atoms with Crippen molar-refractivity contribution in [3.63, 3.8) is 0 Å². The molecule has 1 aliphatic rings. The summed E-state index contributed by atoms with van der Waals surface area (Å²) >= 11 is 6.04. The number of benzene rings is 2. The summed E-state index contributed by atoms with van der Waals surface area (Å²) in [5, 5.41) is 7.92. The average molecular weight is 462 g/mol. The molecular formula is C25H21ClFN5O. The third kappa shape index (κ3) is 4.78. The number of carbonyl (C=O) groups excluding carboxylic acids is 1. The van der Waals surface area contributed by atoms with Gasteiger partial charge in [0.2, 0.25) is 0 Å². The third-order valence-corrected chi connectivity index (χ3v) is 5.92. The summed E-state index contributed by atoms with van der Waals surface area (Å²) in [6, 6.07) is 15.0. The Morgan fingerprint density at radius 1 is 1.09 bits per heavy atom. The van der Waals surface area contributed by atoms with E-state index in [2.05, 4.69) is 20.4 Å². The summed E-state index contributed by atoms with van der Waals surface area (Å²) in [4.78, 5) is 22.5. The molecule has 1 amide bonds. The lowest BCUT2D eigenvalue weighted by atomic mass is 10.0. The molecule has 5 rings (SSSR count). The van der Waals surface area contributed by atoms with Gasteiger partial charge >= 0.3 is 0 Å². The highest BCUT2D eigenvalue weighted by Gasteiger charge is 2.34. The number of aromatic nitrogens is 4. The molecule has 0 unspecified atom stereocenters. The van der Waals surface area contributed by atoms with E-state index in [1.807, 2.05) is 19.2 Å². The zero-order valence-corrected chi connectivity index (χ0v) is 18.6. The topological polar surface area (TPSA) is 72.7 Å². The van der Waals surface area contributed by atoms with E-state index in [4.69, 9.17) is 11.6 Å². The van der Waals surface area contributed by atoms with E-state index in [9.17, 15) is 9.18 Å². The van der Waals surface area contributed by atoms with Crippen LogP contribution in [-0.2, 0) is 7.05 Å². The van der Waals surface area contributed by atoms with Gasteiger partial charge in [-0.2, -0.15) is 5.10 Å². The molecule has 1 atom stereocenters. The highest BCUT2D eigenvalue weighted by atomic mass is 35.5. The van der Waals surface area contributed by atoms with Gasteiger partial charge in [-0.1, -0.05) is 35.9 Å². The van der Waals surface area contributed by atoms with Gasteiger partial charge in [0.05, 0.1) is 23.5 Å². The van der Waals surface area contributed by atoms with Crippen molar-refractivity contribution in [2.24, 2.45) is 13.0 Å². The molecule has 0 aliphatic heterocycles. The van der Waals surface area contributed by atoms with E-state index in [1.165, 1.54) is 12.1 Å². The predicted octanol–water partition coefficient (Wildman–Crippen LogP) is 5.22. The first-order valence-corrected chi connectivity index (χ1v) is 11.0. The largest absolute Gasteiger partial charge is 0.344 e. The van der Waals surface area contributed by atoms with Crippen LogP contribution >= 0.6 is 11.6 Å². The highest BCUT2D eigenvalue weighted by Crippen LogP contribution is 2.41. The van der Waals surface area contributed by atoms with Crippen LogP contribution in [0.3, 0.4) is 0 Å². The smallest absolute Gasteiger partial charge is 0.270 e. The molecule has 0 saturated heterocycles. The maximum atomic E-state index is 13.4. The molecule has 166 valence electrons. The Bertz CT molecular complexity index is 1300. The number of hydrogen-bond acceptors (Lipinski definition) is 4. The lowest BCUT2D eigenvalue weighted by Crippen LogP contribution is -2.30. The van der Waals surface area contributed by atoms with Crippen LogP contribution in [0.15, 0.2) is 67.0 Å². The number of nitrogens with one attached hydrogen (secondary N) is 1. The van der Waals surface area contributed by atoms with Gasteiger partial charge in [-0.3, -0.25) is 9.48 Å². The van der Waals surface area contributed by atoms with Crippen LogP contribution in [0.5, 0.6) is 0 Å². The SMILES string of the molecule is Cn1cc(-c2nc(C(=O)N[C@H](c3ccc(F)cc3)C3CC3)cc(-c3ccc(Cl)cc3)n2)cn1. The molecule has 0 bridgehead atoms. The molecule has 8 heteroatoms. The van der Waals surface area contributed by atoms with Gasteiger partial charge in [-0.05, 0) is 54.7 Å². The Morgan fingerprint density at radius 2 is 1.82 bits per heavy atom. The van der Waals surface area contributed by atoms with Crippen molar-refractivity contribution < 1.29 is 9.18 Å². The van der Waals surface area contributed by atoms with E-state index in [1.54, 1.807) is 47.4 Å². The Kier molecular flexibility index (Phi) is 5.64. The number of hydrogen-bond donors (Lipinski definition) is 1. The Labute approximate surface area is 195 Å². The number of halogens is 2. The Hall–Kier alpha value is -3.58. The third-order valence-electron chi connectivity index (χ3n) is 5.67. The van der Waals surface area contributed by atoms with Crippen molar-refractivity contribution >= 4 is 17.5 Å². The summed E-state index contributed by atoms with van der Waals surface area (Å²) in [6.07, 6.45) is 5.49. The first-order valence-electron chi connectivity index (χ1n) is 10.7. The number of nitrogens with zero attached hydrogens (tertiary/aromatic N) is 4. The molecule has 4 aromatic rings. The van der Waals surface area contributed by atoms with Crippen LogP contribution in [0.1, 0.15) is 34.9 Å². The molecule has 2 heterocycles. The maximum absolute atomic E-state index is 13.4. The molecule has 0 radical (unpaired) electrons. The van der Waals surface area contributed by atoms with Crippen LogP contribution in [0.25, 0.3) is 22.6 Å². The van der Waals surface area contributed by atoms with E-state index in [0.29, 0.717) is 28.0 Å². The van der Waals surface area contributed by atoms with Crippen molar-refractivity contribution in [1.29, 1.82) is 0 Å². The van der Waals surface area contributed by atoms with Gasteiger partial charge in [0.15, 0.2) is 5.82 Å². The number of carbonyl (C=O) groups is 1. The van der Waals surface area contributed by atoms with E-state index in [0.717, 1.165) is 24.0 Å². The first-order chi connectivity index (χ1) is 16.0. The zero-order chi connectivity index (χ0) is 22.9. The van der Waals surface area contributed by atoms with Crippen LogP contribution < -0.4 is 5.32 Å². The highest BCUT2D eigenvalue weighted by molar-refractivity contribution is 6.30. The van der Waals surface area contributed by atoms with Gasteiger partial charge in [0.1, 0.15) is 11.5 Å². The second kappa shape index (κ2) is 8.75. The van der Waals surface area contributed by atoms with Gasteiger partial charge in [0.25, 0.3) is 5.91 Å². The van der Waals surface area contributed by atoms with Crippen LogP contribution in [-0.4, -0.2) is 25.7 Å². The van der Waals surface area contributed by atoms with Crippen LogP contribution in [0.2, 0.25) is 5.02 Å². The Morgan fingerprint density at radius 3 is 2.45 bits per heavy atom. The Balaban J connectivity index is 1.51. The molecule has 1 fully saturated rings. The molecule has 0 spiro atoms. The summed E-state index contributed by atoms with van der Waals surface area (Å²) in [5.41, 5.74) is 3.27. The lowest BCUT2D eigenvalue weighted by molar-refractivity contribution is 0.0926. The molecular weight excluding hydrogens is 441 g/mol. The molecule has 6 nitrogen and oxygen atoms in total. The van der Waals surface area contributed by atoms with Gasteiger partial charge in [-0.15, -0.1) is 0 Å². The molecule has 2 aromatic heterocycles. The van der Waals surface area contributed by atoms with Crippen molar-refractivity contribution in [2.45, 2.75) is 18.9 Å². The fraction of sp³-hybridized carbons (Fsp3) is 0.200. The van der Waals surface area contributed by atoms with Crippen molar-refractivity contribution in [3.05, 3.63) is 89.1 Å². The van der Waals surface area contributed by atoms with Crippen molar-refractivity contribution in [3.8, 4) is 22.6 Å². The second-order valence-electron chi connectivity index (χ2n) is 8.21. The standard InChI is InChI=1S/C25H21ClFN5O/c1-32-14-18(13-28-32)24-29-21(15-4-8-19(26)9-5-15)12-22(30-24)25(33)31-23(16-2-3-16)17-6-10-20(27)11-7-17/h4-14,16,23H,2-3H2,1H3,(H,31,33)/t23-/m0/s1. The lowest BCUT2D eigenvalue weighted by Gasteiger charge is -2.19. The van der Waals surface area contributed by atoms with E-state index < -0.39 is 0 Å². The average Bonchev–Trinajstić information content (AvgIpc) is 3.57. The minimum absolute atomic E-state index is 0.200. The van der Waals surface area contributed by atoms with Gasteiger partial charge in [-0.25, -0.2) is 14.4 Å². The number of rotatable bonds is 6. The summed E-state index contributed by atoms with van der Waals surface area (Å²) in [5.74, 6) is 0.128. The molecule has 1 N–H and O–H groups in total. The summed E-state index contributed by atoms with van der Waals surface area (Å²) in [6.45, 7) is 0. The molecule has 1 saturated carbocycles. The predicted molar refractivity (Wildman–Crippen MR) is 124 cm³/mol. The monoisotopic (exact) mass is 461 g/mol. The summed E-state index contributed by atoms with van der Waals surface area (Å²) in [7, 11) is 1.81. The number of amides is 1. The molecule has 2 aromatic carbocycles. The fourth-order valence-corrected chi connectivity index (χ4v) is 3.91. The van der Waals surface area contributed by atoms with Crippen LogP contribution in [0, 0.1) is 11.7 Å². The van der Waals surface area contributed by atoms with Gasteiger partial charge < -0.3 is 5.32 Å².